The molecule has 0 aromatic heterocycles. The van der Waals surface area contributed by atoms with Crippen LogP contribution in [-0.4, -0.2) is 247 Å². The maximum absolute atomic E-state index is 15.0. The second-order valence-corrected chi connectivity index (χ2v) is 24.3. The molecule has 24 heteroatoms. The average Bonchev–Trinajstić information content (AvgIpc) is 3.87. The molecule has 0 spiro atoms. The van der Waals surface area contributed by atoms with E-state index < -0.39 is 160 Å². The summed E-state index contributed by atoms with van der Waals surface area (Å²) in [6, 6.07) is 0. The molecule has 0 unspecified atom stereocenters. The molecule has 0 aromatic rings. The number of Topliss-reactive ketones (excluding diaryl/α,β-unsaturated/α-hetero) is 1. The number of hydrogen-bond donors (Lipinski definition) is 13. The molecule has 32 atom stereocenters. The second-order valence-electron chi connectivity index (χ2n) is 24.3. The molecule has 76 heavy (non-hydrogen) atoms. The summed E-state index contributed by atoms with van der Waals surface area (Å²) >= 11 is 0. The first kappa shape index (κ1) is 59.4. The first-order valence-corrected chi connectivity index (χ1v) is 27.6. The number of hydrogen-bond acceptors (Lipinski definition) is 24. The van der Waals surface area contributed by atoms with Crippen LogP contribution < -0.4 is 0 Å². The van der Waals surface area contributed by atoms with E-state index in [1.807, 2.05) is 6.92 Å². The summed E-state index contributed by atoms with van der Waals surface area (Å²) in [4.78, 5) is 15.0. The fourth-order valence-electron chi connectivity index (χ4n) is 15.6. The number of aliphatic hydroxyl groups excluding tert-OH is 13. The van der Waals surface area contributed by atoms with Gasteiger partial charge in [-0.1, -0.05) is 27.7 Å². The van der Waals surface area contributed by atoms with E-state index in [0.29, 0.717) is 38.5 Å². The maximum atomic E-state index is 15.0. The minimum absolute atomic E-state index is 0.0681. The van der Waals surface area contributed by atoms with E-state index in [1.165, 1.54) is 6.92 Å². The Morgan fingerprint density at radius 3 is 1.84 bits per heavy atom. The summed E-state index contributed by atoms with van der Waals surface area (Å²) in [7, 11) is 1.64. The summed E-state index contributed by atoms with van der Waals surface area (Å²) < 4.78 is 61.0. The smallest absolute Gasteiger partial charge is 0.187 e. The van der Waals surface area contributed by atoms with E-state index >= 15 is 0 Å². The van der Waals surface area contributed by atoms with Crippen molar-refractivity contribution in [3.63, 3.8) is 0 Å². The number of carbonyl (C=O) groups excluding carboxylic acids is 1. The van der Waals surface area contributed by atoms with Gasteiger partial charge in [0.05, 0.1) is 44.7 Å². The zero-order chi connectivity index (χ0) is 55.1. The Kier molecular flexibility index (Phi) is 18.1. The minimum Gasteiger partial charge on any atom is -0.394 e. The standard InChI is InChI=1S/C52H86O24/c1-20(19-68-46-40(63)38(61)35(58)29(16-53)71-46)9-12-52(67-6)21(2)33-28(76-52)14-27-25-8-7-23-13-24(10-11-50(23,4)26(25)15-32(56)51(27,33)5)70-49-45(75-47-41(64)37(60)34(57)22(3)69-47)43(66)44(31(18-55)73-49)74-48-42(65)39(62)36(59)30(17-54)72-48/h20-31,33-49,53-55,57-66H,7-19H2,1-6H3/t20-,21-,22-,23-,24-,25+,26-,27-,28-,29+,30+,31+,33-,34-,35+,36+,37+,38-,39-,40+,41+,42+,43-,44-,45+,46+,47-,48-,49+,50-,51+,52+/m0/s1. The van der Waals surface area contributed by atoms with Gasteiger partial charge >= 0.3 is 0 Å². The summed E-state index contributed by atoms with van der Waals surface area (Å²) in [6.07, 6.45) is -25.5. The van der Waals surface area contributed by atoms with Crippen LogP contribution in [0.3, 0.4) is 0 Å². The topological polar surface area (TPSA) is 372 Å². The van der Waals surface area contributed by atoms with Crippen LogP contribution in [0, 0.1) is 52.3 Å². The zero-order valence-corrected chi connectivity index (χ0v) is 44.2. The first-order chi connectivity index (χ1) is 36.0. The lowest BCUT2D eigenvalue weighted by Crippen LogP contribution is -2.67. The predicted molar refractivity (Wildman–Crippen MR) is 255 cm³/mol. The highest BCUT2D eigenvalue weighted by Crippen LogP contribution is 2.70. The van der Waals surface area contributed by atoms with Gasteiger partial charge < -0.3 is 114 Å². The Morgan fingerprint density at radius 1 is 0.632 bits per heavy atom. The van der Waals surface area contributed by atoms with Gasteiger partial charge in [-0.15, -0.1) is 0 Å². The van der Waals surface area contributed by atoms with Gasteiger partial charge in [0.1, 0.15) is 97.3 Å². The third-order valence-electron chi connectivity index (χ3n) is 20.2. The molecular formula is C52H86O24. The van der Waals surface area contributed by atoms with E-state index in [2.05, 4.69) is 20.8 Å². The predicted octanol–water partition coefficient (Wildman–Crippen LogP) is -3.09. The van der Waals surface area contributed by atoms with Crippen LogP contribution in [0.25, 0.3) is 0 Å². The highest BCUT2D eigenvalue weighted by Gasteiger charge is 2.72. The van der Waals surface area contributed by atoms with Crippen molar-refractivity contribution in [1.82, 2.24) is 0 Å². The van der Waals surface area contributed by atoms with Gasteiger partial charge in [0, 0.05) is 37.2 Å². The van der Waals surface area contributed by atoms with Crippen molar-refractivity contribution < 1.29 is 119 Å². The van der Waals surface area contributed by atoms with Gasteiger partial charge in [0.25, 0.3) is 0 Å². The first-order valence-electron chi connectivity index (χ1n) is 27.6. The second kappa shape index (κ2) is 23.2. The number of ether oxygens (including phenoxy) is 10. The van der Waals surface area contributed by atoms with E-state index in [1.54, 1.807) is 7.11 Å². The quantitative estimate of drug-likeness (QED) is 0.0681. The maximum Gasteiger partial charge on any atom is 0.187 e. The van der Waals surface area contributed by atoms with Crippen LogP contribution in [0.4, 0.5) is 0 Å². The Bertz CT molecular complexity index is 1950. The van der Waals surface area contributed by atoms with E-state index in [-0.39, 0.29) is 65.3 Å². The number of carbonyl (C=O) groups is 1. The molecular weight excluding hydrogens is 1010 g/mol. The Balaban J connectivity index is 0.854. The molecule has 4 saturated carbocycles. The van der Waals surface area contributed by atoms with Crippen LogP contribution in [0.1, 0.15) is 92.4 Å². The van der Waals surface area contributed by atoms with Crippen molar-refractivity contribution in [2.45, 2.75) is 233 Å². The monoisotopic (exact) mass is 1090 g/mol. The molecule has 24 nitrogen and oxygen atoms in total. The van der Waals surface area contributed by atoms with E-state index in [4.69, 9.17) is 47.4 Å². The van der Waals surface area contributed by atoms with Crippen molar-refractivity contribution in [1.29, 1.82) is 0 Å². The summed E-state index contributed by atoms with van der Waals surface area (Å²) in [5, 5.41) is 137. The molecule has 9 aliphatic rings. The SMILES string of the molecule is CO[C@]1(CC[C@H](C)CO[C@@H]2O[C@H](CO)[C@@H](O)[C@H](O)[C@H]2O)O[C@H]2C[C@H]3[C@@H]4CC[C@H]5C[C@@H](O[C@@H]6O[C@H](CO)[C@H](O[C@@H]7O[C@H](CO)[C@@H](O)[C@H](O)[C@H]7O)[C@H](O)[C@H]6O[C@@H]6O[C@@H](C)[C@H](O)[C@@H](O)[C@H]6O)CC[C@]5(C)[C@H]4CC(=O)[C@]3(C)[C@H]2[C@@H]1C. The molecule has 0 bridgehead atoms. The molecule has 9 rings (SSSR count). The zero-order valence-electron chi connectivity index (χ0n) is 44.2. The number of rotatable bonds is 16. The highest BCUT2D eigenvalue weighted by molar-refractivity contribution is 5.87. The Morgan fingerprint density at radius 2 is 1.21 bits per heavy atom. The molecule has 13 N–H and O–H groups in total. The fourth-order valence-corrected chi connectivity index (χ4v) is 15.6. The number of methoxy groups -OCH3 is 1. The number of fused-ring (bicyclic) bond motifs is 7. The van der Waals surface area contributed by atoms with Crippen LogP contribution in [0.15, 0.2) is 0 Å². The number of aliphatic hydroxyl groups is 13. The third-order valence-corrected chi connectivity index (χ3v) is 20.2. The fraction of sp³-hybridized carbons (Fsp3) is 0.981. The van der Waals surface area contributed by atoms with Crippen molar-refractivity contribution >= 4 is 5.78 Å². The summed E-state index contributed by atoms with van der Waals surface area (Å²) in [5.74, 6) is -0.427. The molecule has 0 amide bonds. The Hall–Kier alpha value is -1.25. The average molecular weight is 1100 g/mol. The van der Waals surface area contributed by atoms with Gasteiger partial charge in [0.2, 0.25) is 0 Å². The van der Waals surface area contributed by atoms with Crippen molar-refractivity contribution in [2.75, 3.05) is 33.5 Å². The van der Waals surface area contributed by atoms with Crippen LogP contribution in [0.5, 0.6) is 0 Å². The van der Waals surface area contributed by atoms with Crippen molar-refractivity contribution in [3.05, 3.63) is 0 Å². The highest BCUT2D eigenvalue weighted by atomic mass is 16.8. The van der Waals surface area contributed by atoms with Gasteiger partial charge in [-0.25, -0.2) is 0 Å². The molecule has 0 radical (unpaired) electrons. The molecule has 438 valence electrons. The van der Waals surface area contributed by atoms with E-state index in [9.17, 15) is 71.2 Å². The van der Waals surface area contributed by atoms with Crippen molar-refractivity contribution in [2.24, 2.45) is 52.3 Å². The summed E-state index contributed by atoms with van der Waals surface area (Å²) in [6.45, 7) is 8.07. The Labute approximate surface area is 442 Å². The largest absolute Gasteiger partial charge is 0.394 e. The molecule has 4 aliphatic carbocycles. The number of ketones is 1. The van der Waals surface area contributed by atoms with Crippen LogP contribution in [0.2, 0.25) is 0 Å². The van der Waals surface area contributed by atoms with Gasteiger partial charge in [-0.05, 0) is 86.9 Å². The lowest BCUT2D eigenvalue weighted by atomic mass is 9.44. The lowest BCUT2D eigenvalue weighted by Gasteiger charge is -2.60. The van der Waals surface area contributed by atoms with Crippen LogP contribution >= 0.6 is 0 Å². The van der Waals surface area contributed by atoms with E-state index in [0.717, 1.165) is 19.3 Å². The molecule has 5 saturated heterocycles. The molecule has 0 aromatic carbocycles. The third kappa shape index (κ3) is 10.3. The van der Waals surface area contributed by atoms with Crippen molar-refractivity contribution in [3.8, 4) is 0 Å². The molecule has 5 heterocycles. The normalized spacial score (nSPS) is 54.9. The van der Waals surface area contributed by atoms with Crippen LogP contribution in [-0.2, 0) is 52.2 Å². The molecule has 9 fully saturated rings. The lowest BCUT2D eigenvalue weighted by molar-refractivity contribution is -0.390. The molecule has 5 aliphatic heterocycles. The summed E-state index contributed by atoms with van der Waals surface area (Å²) in [5.41, 5.74) is -0.877. The van der Waals surface area contributed by atoms with Gasteiger partial charge in [0.15, 0.2) is 30.9 Å². The minimum atomic E-state index is -1.86. The van der Waals surface area contributed by atoms with Gasteiger partial charge in [-0.3, -0.25) is 4.79 Å². The van der Waals surface area contributed by atoms with Gasteiger partial charge in [-0.2, -0.15) is 0 Å².